The van der Waals surface area contributed by atoms with Crippen molar-refractivity contribution >= 4 is 41.0 Å². The predicted octanol–water partition coefficient (Wildman–Crippen LogP) is 4.66. The number of hydrogen-bond acceptors (Lipinski definition) is 4. The van der Waals surface area contributed by atoms with Gasteiger partial charge in [0.05, 0.1) is 0 Å². The van der Waals surface area contributed by atoms with Gasteiger partial charge in [0, 0.05) is 12.2 Å². The van der Waals surface area contributed by atoms with Crippen molar-refractivity contribution in [1.29, 1.82) is 0 Å². The van der Waals surface area contributed by atoms with Gasteiger partial charge in [-0.3, -0.25) is 4.79 Å². The van der Waals surface area contributed by atoms with Crippen molar-refractivity contribution in [3.8, 4) is 0 Å². The number of nitrogens with one attached hydrogen (secondary N) is 1. The van der Waals surface area contributed by atoms with Crippen molar-refractivity contribution in [2.24, 2.45) is 0 Å². The molecule has 0 aliphatic heterocycles. The van der Waals surface area contributed by atoms with E-state index in [4.69, 9.17) is 18.0 Å². The van der Waals surface area contributed by atoms with Gasteiger partial charge in [-0.15, -0.1) is 0 Å². The first-order chi connectivity index (χ1) is 12.0. The Balaban J connectivity index is 1.75. The van der Waals surface area contributed by atoms with Crippen LogP contribution in [0, 0.1) is 10.9 Å². The second-order valence-corrected chi connectivity index (χ2v) is 7.43. The topological polar surface area (TPSA) is 60.0 Å². The van der Waals surface area contributed by atoms with E-state index in [9.17, 15) is 4.79 Å². The highest BCUT2D eigenvalue weighted by Crippen LogP contribution is 2.24. The average molecular weight is 370 g/mol. The molecule has 6 heteroatoms. The van der Waals surface area contributed by atoms with Gasteiger partial charge in [-0.1, -0.05) is 59.4 Å². The fourth-order valence-corrected chi connectivity index (χ4v) is 3.77. The second-order valence-electron chi connectivity index (χ2n) is 5.79. The summed E-state index contributed by atoms with van der Waals surface area (Å²) in [6.45, 7) is 2.66. The maximum atomic E-state index is 12.5. The zero-order valence-electron chi connectivity index (χ0n) is 13.9. The third-order valence-electron chi connectivity index (χ3n) is 3.92. The summed E-state index contributed by atoms with van der Waals surface area (Å²) in [5.74, 6) is 0.200. The molecule has 0 fully saturated rings. The number of benzene rings is 2. The zero-order valence-corrected chi connectivity index (χ0v) is 15.5. The highest BCUT2D eigenvalue weighted by Gasteiger charge is 2.17. The van der Waals surface area contributed by atoms with Crippen molar-refractivity contribution in [2.45, 2.75) is 19.9 Å². The van der Waals surface area contributed by atoms with E-state index in [2.05, 4.69) is 17.4 Å². The Morgan fingerprint density at radius 3 is 2.52 bits per heavy atom. The predicted molar refractivity (Wildman–Crippen MR) is 107 cm³/mol. The molecule has 4 nitrogen and oxygen atoms in total. The van der Waals surface area contributed by atoms with Crippen LogP contribution in [0.4, 0.5) is 11.5 Å². The first kappa shape index (κ1) is 17.4. The van der Waals surface area contributed by atoms with Gasteiger partial charge >= 0.3 is 0 Å². The highest BCUT2D eigenvalue weighted by molar-refractivity contribution is 7.73. The van der Waals surface area contributed by atoms with Gasteiger partial charge in [-0.25, -0.2) is 0 Å². The van der Waals surface area contributed by atoms with Crippen molar-refractivity contribution < 1.29 is 4.79 Å². The standard InChI is InChI=1S/C19H19N3OS2/c1-13-7-9-15(10-8-13)21-18(23)16-17(20)22(19(24)25-16)12-11-14-5-3-2-4-6-14/h2-10H,11-12,20H2,1H3,(H,21,23). The lowest BCUT2D eigenvalue weighted by atomic mass is 10.1. The summed E-state index contributed by atoms with van der Waals surface area (Å²) in [6, 6.07) is 17.8. The summed E-state index contributed by atoms with van der Waals surface area (Å²) in [6.07, 6.45) is 0.815. The van der Waals surface area contributed by atoms with E-state index in [1.165, 1.54) is 16.9 Å². The van der Waals surface area contributed by atoms with Crippen LogP contribution in [0.2, 0.25) is 0 Å². The molecule has 1 amide bonds. The van der Waals surface area contributed by atoms with Crippen LogP contribution in [-0.4, -0.2) is 10.5 Å². The third kappa shape index (κ3) is 4.15. The number of anilines is 2. The maximum Gasteiger partial charge on any atom is 0.269 e. The molecule has 0 aliphatic carbocycles. The lowest BCUT2D eigenvalue weighted by molar-refractivity contribution is 0.103. The quantitative estimate of drug-likeness (QED) is 0.643. The molecule has 0 bridgehead atoms. The molecule has 3 N–H and O–H groups in total. The number of amides is 1. The van der Waals surface area contributed by atoms with Crippen molar-refractivity contribution in [1.82, 2.24) is 4.57 Å². The monoisotopic (exact) mass is 369 g/mol. The second kappa shape index (κ2) is 7.63. The first-order valence-corrected chi connectivity index (χ1v) is 9.18. The number of nitrogen functional groups attached to an aromatic ring is 1. The Labute approximate surface area is 155 Å². The molecule has 1 heterocycles. The summed E-state index contributed by atoms with van der Waals surface area (Å²) >= 11 is 6.65. The minimum atomic E-state index is -0.226. The molecule has 3 aromatic rings. The summed E-state index contributed by atoms with van der Waals surface area (Å²) in [7, 11) is 0. The van der Waals surface area contributed by atoms with Gasteiger partial charge in [0.25, 0.3) is 5.91 Å². The van der Waals surface area contributed by atoms with Crippen LogP contribution >= 0.6 is 23.6 Å². The molecule has 0 radical (unpaired) electrons. The zero-order chi connectivity index (χ0) is 17.8. The molecule has 128 valence electrons. The number of aryl methyl sites for hydroxylation is 2. The Morgan fingerprint density at radius 2 is 1.84 bits per heavy atom. The Hall–Kier alpha value is -2.44. The molecule has 0 aliphatic rings. The third-order valence-corrected chi connectivity index (χ3v) is 5.38. The van der Waals surface area contributed by atoms with E-state index in [1.54, 1.807) is 0 Å². The number of hydrogen-bond donors (Lipinski definition) is 2. The van der Waals surface area contributed by atoms with Crippen LogP contribution in [-0.2, 0) is 13.0 Å². The summed E-state index contributed by atoms with van der Waals surface area (Å²) in [5, 5.41) is 2.87. The van der Waals surface area contributed by atoms with Crippen molar-refractivity contribution in [2.75, 3.05) is 11.1 Å². The molecule has 0 saturated heterocycles. The fourth-order valence-electron chi connectivity index (χ4n) is 2.50. The van der Waals surface area contributed by atoms with E-state index < -0.39 is 0 Å². The largest absolute Gasteiger partial charge is 0.384 e. The van der Waals surface area contributed by atoms with Gasteiger partial charge in [0.2, 0.25) is 0 Å². The lowest BCUT2D eigenvalue weighted by Crippen LogP contribution is -2.14. The maximum absolute atomic E-state index is 12.5. The van der Waals surface area contributed by atoms with Gasteiger partial charge in [0.1, 0.15) is 10.7 Å². The van der Waals surface area contributed by atoms with E-state index in [0.29, 0.717) is 21.2 Å². The number of carbonyl (C=O) groups excluding carboxylic acids is 1. The minimum absolute atomic E-state index is 0.226. The van der Waals surface area contributed by atoms with Gasteiger partial charge < -0.3 is 15.6 Å². The molecular weight excluding hydrogens is 350 g/mol. The van der Waals surface area contributed by atoms with Crippen LogP contribution < -0.4 is 11.1 Å². The normalized spacial score (nSPS) is 10.6. The Morgan fingerprint density at radius 1 is 1.16 bits per heavy atom. The van der Waals surface area contributed by atoms with Crippen LogP contribution in [0.25, 0.3) is 0 Å². The number of thiazole rings is 1. The number of aromatic nitrogens is 1. The Kier molecular flexibility index (Phi) is 5.31. The van der Waals surface area contributed by atoms with Gasteiger partial charge in [-0.05, 0) is 43.3 Å². The molecule has 0 atom stereocenters. The number of rotatable bonds is 5. The summed E-state index contributed by atoms with van der Waals surface area (Å²) in [4.78, 5) is 13.0. The van der Waals surface area contributed by atoms with E-state index in [-0.39, 0.29) is 5.91 Å². The fraction of sp³-hybridized carbons (Fsp3) is 0.158. The minimum Gasteiger partial charge on any atom is -0.384 e. The van der Waals surface area contributed by atoms with Gasteiger partial charge in [-0.2, -0.15) is 0 Å². The van der Waals surface area contributed by atoms with Crippen LogP contribution in [0.1, 0.15) is 20.8 Å². The molecule has 3 rings (SSSR count). The SMILES string of the molecule is Cc1ccc(NC(=O)c2sc(=S)n(CCc3ccccc3)c2N)cc1. The summed E-state index contributed by atoms with van der Waals surface area (Å²) in [5.41, 5.74) is 9.28. The molecule has 25 heavy (non-hydrogen) atoms. The van der Waals surface area contributed by atoms with E-state index in [1.807, 2.05) is 54.0 Å². The van der Waals surface area contributed by atoms with Crippen molar-refractivity contribution in [3.63, 3.8) is 0 Å². The molecule has 0 spiro atoms. The Bertz CT molecular complexity index is 928. The van der Waals surface area contributed by atoms with Gasteiger partial charge in [0.15, 0.2) is 3.95 Å². The molecule has 0 saturated carbocycles. The van der Waals surface area contributed by atoms with Crippen LogP contribution in [0.15, 0.2) is 54.6 Å². The first-order valence-electron chi connectivity index (χ1n) is 7.95. The molecular formula is C19H19N3OS2. The van der Waals surface area contributed by atoms with Crippen LogP contribution in [0.3, 0.4) is 0 Å². The molecule has 1 aromatic heterocycles. The summed E-state index contributed by atoms with van der Waals surface area (Å²) < 4.78 is 2.44. The van der Waals surface area contributed by atoms with Crippen molar-refractivity contribution in [3.05, 3.63) is 74.6 Å². The smallest absolute Gasteiger partial charge is 0.269 e. The van der Waals surface area contributed by atoms with E-state index in [0.717, 1.165) is 17.7 Å². The van der Waals surface area contributed by atoms with E-state index >= 15 is 0 Å². The average Bonchev–Trinajstić information content (AvgIpc) is 2.90. The van der Waals surface area contributed by atoms with Crippen LogP contribution in [0.5, 0.6) is 0 Å². The number of nitrogens with two attached hydrogens (primary N) is 1. The number of nitrogens with zero attached hydrogens (tertiary/aromatic N) is 1. The molecule has 0 unspecified atom stereocenters. The highest BCUT2D eigenvalue weighted by atomic mass is 32.1. The lowest BCUT2D eigenvalue weighted by Gasteiger charge is -2.07. The number of carbonyl (C=O) groups is 1. The molecule has 2 aromatic carbocycles.